The fourth-order valence-electron chi connectivity index (χ4n) is 2.19. The molecule has 2 heterocycles. The maximum atomic E-state index is 10.9. The number of carboxylic acids is 1. The molecule has 0 spiro atoms. The molecular weight excluding hydrogens is 254 g/mol. The average molecular weight is 266 g/mol. The van der Waals surface area contributed by atoms with Gasteiger partial charge in [0.2, 0.25) is 0 Å². The second-order valence-electron chi connectivity index (χ2n) is 4.75. The average Bonchev–Trinajstić information content (AvgIpc) is 2.99. The van der Waals surface area contributed by atoms with Crippen molar-refractivity contribution in [3.63, 3.8) is 0 Å². The van der Waals surface area contributed by atoms with Crippen molar-refractivity contribution in [2.75, 3.05) is 0 Å². The molecule has 2 unspecified atom stereocenters. The lowest BCUT2D eigenvalue weighted by Crippen LogP contribution is -2.00. The van der Waals surface area contributed by atoms with Gasteiger partial charge in [0.25, 0.3) is 0 Å². The second-order valence-corrected chi connectivity index (χ2v) is 5.16. The number of rotatable bonds is 2. The summed E-state index contributed by atoms with van der Waals surface area (Å²) in [5.74, 6) is -0.556. The van der Waals surface area contributed by atoms with E-state index in [-0.39, 0.29) is 11.8 Å². The minimum atomic E-state index is -0.773. The van der Waals surface area contributed by atoms with Crippen LogP contribution in [0, 0.1) is 19.8 Å². The monoisotopic (exact) mass is 265 g/mol. The Balaban J connectivity index is 2.10. The van der Waals surface area contributed by atoms with Gasteiger partial charge in [-0.1, -0.05) is 11.6 Å². The molecule has 0 saturated heterocycles. The summed E-state index contributed by atoms with van der Waals surface area (Å²) in [5, 5.41) is 14.0. The van der Waals surface area contributed by atoms with E-state index in [4.69, 9.17) is 16.7 Å². The van der Waals surface area contributed by atoms with Crippen LogP contribution >= 0.6 is 11.6 Å². The van der Waals surface area contributed by atoms with Gasteiger partial charge in [-0.2, -0.15) is 5.10 Å². The number of aliphatic carboxylic acids is 1. The molecule has 3 rings (SSSR count). The van der Waals surface area contributed by atoms with Crippen LogP contribution in [0.2, 0.25) is 5.02 Å². The zero-order chi connectivity index (χ0) is 13.0. The maximum absolute atomic E-state index is 10.9. The van der Waals surface area contributed by atoms with Gasteiger partial charge in [0, 0.05) is 5.92 Å². The number of pyridine rings is 1. The third kappa shape index (κ3) is 1.58. The molecule has 2 atom stereocenters. The highest BCUT2D eigenvalue weighted by atomic mass is 35.5. The van der Waals surface area contributed by atoms with Gasteiger partial charge >= 0.3 is 5.97 Å². The number of nitrogens with zero attached hydrogens (tertiary/aromatic N) is 3. The van der Waals surface area contributed by atoms with Gasteiger partial charge in [0.05, 0.1) is 16.6 Å². The van der Waals surface area contributed by atoms with Crippen LogP contribution in [0.15, 0.2) is 6.07 Å². The molecule has 5 nitrogen and oxygen atoms in total. The van der Waals surface area contributed by atoms with E-state index in [1.165, 1.54) is 0 Å². The summed E-state index contributed by atoms with van der Waals surface area (Å²) in [6.45, 7) is 3.79. The smallest absolute Gasteiger partial charge is 0.307 e. The Kier molecular flexibility index (Phi) is 2.35. The van der Waals surface area contributed by atoms with Crippen LogP contribution in [0.5, 0.6) is 0 Å². The summed E-state index contributed by atoms with van der Waals surface area (Å²) >= 11 is 6.09. The normalized spacial score (nSPS) is 22.4. The summed E-state index contributed by atoms with van der Waals surface area (Å²) in [6.07, 6.45) is 0.623. The van der Waals surface area contributed by atoms with Crippen molar-refractivity contribution in [3.05, 3.63) is 28.2 Å². The number of halogens is 1. The summed E-state index contributed by atoms with van der Waals surface area (Å²) < 4.78 is 1.70. The Morgan fingerprint density at radius 2 is 2.28 bits per heavy atom. The topological polar surface area (TPSA) is 67.5 Å². The number of hydrogen-bond acceptors (Lipinski definition) is 3. The van der Waals surface area contributed by atoms with Gasteiger partial charge in [0.1, 0.15) is 0 Å². The van der Waals surface area contributed by atoms with Gasteiger partial charge in [-0.15, -0.1) is 0 Å². The number of fused-ring (bicyclic) bond motifs is 1. The van der Waals surface area contributed by atoms with Gasteiger partial charge < -0.3 is 5.11 Å². The Labute approximate surface area is 108 Å². The summed E-state index contributed by atoms with van der Waals surface area (Å²) in [7, 11) is 0. The number of carboxylic acid groups (broad SMARTS) is 1. The summed E-state index contributed by atoms with van der Waals surface area (Å²) in [6, 6.07) is 1.85. The quantitative estimate of drug-likeness (QED) is 0.904. The van der Waals surface area contributed by atoms with E-state index in [1.54, 1.807) is 4.52 Å². The number of aromatic nitrogens is 3. The molecule has 1 N–H and O–H groups in total. The van der Waals surface area contributed by atoms with Crippen LogP contribution in [0.3, 0.4) is 0 Å². The van der Waals surface area contributed by atoms with Crippen LogP contribution in [-0.2, 0) is 4.79 Å². The number of hydrogen-bond donors (Lipinski definition) is 1. The molecular formula is C12H12ClN3O2. The first-order chi connectivity index (χ1) is 8.49. The van der Waals surface area contributed by atoms with Crippen LogP contribution < -0.4 is 0 Å². The molecule has 0 radical (unpaired) electrons. The number of carbonyl (C=O) groups is 1. The highest BCUT2D eigenvalue weighted by Crippen LogP contribution is 2.46. The fourth-order valence-corrected chi connectivity index (χ4v) is 2.43. The summed E-state index contributed by atoms with van der Waals surface area (Å²) in [5.41, 5.74) is 2.52. The van der Waals surface area contributed by atoms with Crippen LogP contribution in [0.4, 0.5) is 0 Å². The Hall–Kier alpha value is -1.62. The highest BCUT2D eigenvalue weighted by molar-refractivity contribution is 6.31. The van der Waals surface area contributed by atoms with E-state index in [2.05, 4.69) is 10.1 Å². The molecule has 0 aromatic carbocycles. The zero-order valence-electron chi connectivity index (χ0n) is 10.0. The zero-order valence-corrected chi connectivity index (χ0v) is 10.8. The minimum Gasteiger partial charge on any atom is -0.481 e. The number of aryl methyl sites for hydroxylation is 2. The van der Waals surface area contributed by atoms with E-state index < -0.39 is 5.97 Å². The van der Waals surface area contributed by atoms with Crippen molar-refractivity contribution in [2.45, 2.75) is 26.2 Å². The lowest BCUT2D eigenvalue weighted by Gasteiger charge is -2.02. The predicted octanol–water partition coefficient (Wildman–Crippen LogP) is 2.19. The second kappa shape index (κ2) is 3.68. The molecule has 1 aliphatic carbocycles. The van der Waals surface area contributed by atoms with Crippen molar-refractivity contribution in [1.29, 1.82) is 0 Å². The molecule has 18 heavy (non-hydrogen) atoms. The molecule has 1 aliphatic rings. The molecule has 94 valence electrons. The lowest BCUT2D eigenvalue weighted by molar-refractivity contribution is -0.138. The van der Waals surface area contributed by atoms with E-state index >= 15 is 0 Å². The van der Waals surface area contributed by atoms with E-state index in [9.17, 15) is 4.79 Å². The Morgan fingerprint density at radius 3 is 2.89 bits per heavy atom. The maximum Gasteiger partial charge on any atom is 0.307 e. The lowest BCUT2D eigenvalue weighted by atomic mass is 10.2. The van der Waals surface area contributed by atoms with Crippen molar-refractivity contribution in [3.8, 4) is 0 Å². The molecule has 2 aromatic heterocycles. The molecule has 1 saturated carbocycles. The molecule has 1 fully saturated rings. The molecule has 0 bridgehead atoms. The third-order valence-electron chi connectivity index (χ3n) is 3.42. The van der Waals surface area contributed by atoms with Crippen LogP contribution in [0.25, 0.3) is 5.65 Å². The van der Waals surface area contributed by atoms with Crippen molar-refractivity contribution in [2.24, 2.45) is 5.92 Å². The van der Waals surface area contributed by atoms with Gasteiger partial charge in [-0.3, -0.25) is 4.79 Å². The van der Waals surface area contributed by atoms with Crippen molar-refractivity contribution in [1.82, 2.24) is 14.6 Å². The predicted molar refractivity (Wildman–Crippen MR) is 66.0 cm³/mol. The molecule has 6 heteroatoms. The first-order valence-corrected chi connectivity index (χ1v) is 6.12. The Morgan fingerprint density at radius 1 is 1.56 bits per heavy atom. The highest BCUT2D eigenvalue weighted by Gasteiger charge is 2.47. The van der Waals surface area contributed by atoms with Crippen molar-refractivity contribution < 1.29 is 9.90 Å². The first kappa shape index (κ1) is 11.5. The molecule has 0 amide bonds. The van der Waals surface area contributed by atoms with Gasteiger partial charge in [-0.25, -0.2) is 9.50 Å². The van der Waals surface area contributed by atoms with Gasteiger partial charge in [0.15, 0.2) is 11.5 Å². The third-order valence-corrected chi connectivity index (χ3v) is 3.80. The van der Waals surface area contributed by atoms with Gasteiger partial charge in [-0.05, 0) is 31.9 Å². The SMILES string of the molecule is Cc1cc(Cl)c(C)n2nc(C3CC3C(=O)O)nc12. The summed E-state index contributed by atoms with van der Waals surface area (Å²) in [4.78, 5) is 15.3. The Bertz CT molecular complexity index is 665. The fraction of sp³-hybridized carbons (Fsp3) is 0.417. The van der Waals surface area contributed by atoms with E-state index in [0.717, 1.165) is 16.9 Å². The van der Waals surface area contributed by atoms with E-state index in [1.807, 2.05) is 19.9 Å². The van der Waals surface area contributed by atoms with E-state index in [0.29, 0.717) is 17.3 Å². The minimum absolute atomic E-state index is 0.0556. The largest absolute Gasteiger partial charge is 0.481 e. The first-order valence-electron chi connectivity index (χ1n) is 5.74. The van der Waals surface area contributed by atoms with Crippen LogP contribution in [0.1, 0.15) is 29.4 Å². The molecule has 2 aromatic rings. The van der Waals surface area contributed by atoms with Crippen LogP contribution in [-0.4, -0.2) is 25.7 Å². The standard InChI is InChI=1S/C12H12ClN3O2/c1-5-3-9(13)6(2)16-11(5)14-10(15-16)7-4-8(7)12(17)18/h3,7-8H,4H2,1-2H3,(H,17,18). The molecule has 0 aliphatic heterocycles. The van der Waals surface area contributed by atoms with Crippen molar-refractivity contribution >= 4 is 23.2 Å².